The molecule has 14 heteroatoms. The zero-order valence-corrected chi connectivity index (χ0v) is 23.5. The molecule has 2 aromatic carbocycles. The standard InChI is InChI=1S/C27H31FN6O6S/c1-3-32(2)41(38,39)31-24-9-7-22(28)25(21(24)16-29)40-19-6-8-23-20(15-19)26(35)34(17-30-23)12-4-5-18-10-13-33(14-11-18)27(36)37/h6-9,15,17-18,31H,3-5,10-14H2,1-2H3,(H,36,37). The molecule has 2 N–H and O–H groups in total. The summed E-state index contributed by atoms with van der Waals surface area (Å²) >= 11 is 0. The molecule has 3 aromatic rings. The number of aromatic nitrogens is 2. The van der Waals surface area contributed by atoms with Gasteiger partial charge in [-0.1, -0.05) is 6.92 Å². The number of carboxylic acid groups (broad SMARTS) is 1. The van der Waals surface area contributed by atoms with Crippen molar-refractivity contribution in [2.75, 3.05) is 31.4 Å². The molecular weight excluding hydrogens is 555 g/mol. The van der Waals surface area contributed by atoms with E-state index in [1.54, 1.807) is 19.1 Å². The van der Waals surface area contributed by atoms with Gasteiger partial charge in [0.15, 0.2) is 11.6 Å². The zero-order chi connectivity index (χ0) is 29.7. The van der Waals surface area contributed by atoms with E-state index in [0.717, 1.165) is 35.7 Å². The van der Waals surface area contributed by atoms with Gasteiger partial charge in [0.05, 0.1) is 22.9 Å². The van der Waals surface area contributed by atoms with Gasteiger partial charge in [-0.2, -0.15) is 18.0 Å². The molecule has 0 radical (unpaired) electrons. The number of hydrogen-bond acceptors (Lipinski definition) is 7. The summed E-state index contributed by atoms with van der Waals surface area (Å²) in [4.78, 5) is 30.1. The van der Waals surface area contributed by atoms with Crippen molar-refractivity contribution in [1.29, 1.82) is 5.26 Å². The number of nitrogens with one attached hydrogen (secondary N) is 1. The third-order valence-electron chi connectivity index (χ3n) is 7.23. The second-order valence-electron chi connectivity index (χ2n) is 9.81. The van der Waals surface area contributed by atoms with E-state index in [4.69, 9.17) is 9.84 Å². The number of carbonyl (C=O) groups is 1. The molecule has 1 amide bonds. The highest BCUT2D eigenvalue weighted by molar-refractivity contribution is 7.90. The van der Waals surface area contributed by atoms with Crippen molar-refractivity contribution < 1.29 is 27.4 Å². The third-order valence-corrected chi connectivity index (χ3v) is 8.78. The van der Waals surface area contributed by atoms with Crippen molar-refractivity contribution in [1.82, 2.24) is 18.8 Å². The second kappa shape index (κ2) is 12.5. The monoisotopic (exact) mass is 586 g/mol. The van der Waals surface area contributed by atoms with Crippen molar-refractivity contribution in [2.24, 2.45) is 5.92 Å². The van der Waals surface area contributed by atoms with Crippen LogP contribution in [0.1, 0.15) is 38.2 Å². The minimum absolute atomic E-state index is 0.0698. The van der Waals surface area contributed by atoms with Crippen molar-refractivity contribution in [3.05, 3.63) is 58.4 Å². The molecule has 0 spiro atoms. The highest BCUT2D eigenvalue weighted by Gasteiger charge is 2.23. The lowest BCUT2D eigenvalue weighted by molar-refractivity contribution is 0.122. The van der Waals surface area contributed by atoms with Gasteiger partial charge in [-0.15, -0.1) is 0 Å². The van der Waals surface area contributed by atoms with Gasteiger partial charge in [-0.05, 0) is 61.9 Å². The lowest BCUT2D eigenvalue weighted by atomic mass is 9.92. The van der Waals surface area contributed by atoms with Gasteiger partial charge in [-0.25, -0.2) is 14.2 Å². The SMILES string of the molecule is CCN(C)S(=O)(=O)Nc1ccc(F)c(Oc2ccc3ncn(CCCC4CCN(C(=O)O)CC4)c(=O)c3c2)c1C#N. The number of aryl methyl sites for hydroxylation is 1. The molecule has 0 bridgehead atoms. The van der Waals surface area contributed by atoms with Gasteiger partial charge in [0.1, 0.15) is 17.4 Å². The molecule has 2 heterocycles. The molecule has 0 aliphatic carbocycles. The zero-order valence-electron chi connectivity index (χ0n) is 22.7. The fraction of sp³-hybridized carbons (Fsp3) is 0.407. The first-order chi connectivity index (χ1) is 19.5. The number of piperidine rings is 1. The molecule has 12 nitrogen and oxygen atoms in total. The van der Waals surface area contributed by atoms with Crippen LogP contribution in [0.5, 0.6) is 11.5 Å². The lowest BCUT2D eigenvalue weighted by Crippen LogP contribution is -2.37. The van der Waals surface area contributed by atoms with Crippen LogP contribution in [0.25, 0.3) is 10.9 Å². The molecule has 1 fully saturated rings. The van der Waals surface area contributed by atoms with E-state index in [0.29, 0.717) is 37.5 Å². The van der Waals surface area contributed by atoms with E-state index in [1.807, 2.05) is 0 Å². The van der Waals surface area contributed by atoms with Crippen LogP contribution in [0.3, 0.4) is 0 Å². The first kappa shape index (κ1) is 29.8. The molecule has 0 saturated carbocycles. The molecule has 0 unspecified atom stereocenters. The Balaban J connectivity index is 1.52. The smallest absolute Gasteiger partial charge is 0.407 e. The van der Waals surface area contributed by atoms with Gasteiger partial charge in [0.25, 0.3) is 5.56 Å². The van der Waals surface area contributed by atoms with Gasteiger partial charge in [0, 0.05) is 33.2 Å². The number of amides is 1. The average molecular weight is 587 g/mol. The van der Waals surface area contributed by atoms with E-state index in [1.165, 1.54) is 35.0 Å². The predicted octanol–water partition coefficient (Wildman–Crippen LogP) is 3.98. The Bertz CT molecular complexity index is 1650. The largest absolute Gasteiger partial charge is 0.465 e. The summed E-state index contributed by atoms with van der Waals surface area (Å²) in [7, 11) is -2.63. The highest BCUT2D eigenvalue weighted by Crippen LogP contribution is 2.34. The minimum Gasteiger partial charge on any atom is -0.465 e. The van der Waals surface area contributed by atoms with Gasteiger partial charge >= 0.3 is 16.3 Å². The molecular formula is C27H31FN6O6S. The first-order valence-corrected chi connectivity index (χ1v) is 14.6. The van der Waals surface area contributed by atoms with Crippen LogP contribution in [-0.2, 0) is 16.8 Å². The predicted molar refractivity (Wildman–Crippen MR) is 150 cm³/mol. The normalized spacial score (nSPS) is 14.3. The molecule has 218 valence electrons. The lowest BCUT2D eigenvalue weighted by Gasteiger charge is -2.29. The molecule has 4 rings (SSSR count). The van der Waals surface area contributed by atoms with Crippen molar-refractivity contribution in [3.8, 4) is 17.6 Å². The highest BCUT2D eigenvalue weighted by atomic mass is 32.2. The van der Waals surface area contributed by atoms with Crippen molar-refractivity contribution in [3.63, 3.8) is 0 Å². The average Bonchev–Trinajstić information content (AvgIpc) is 2.96. The Hall–Kier alpha value is -4.22. The van der Waals surface area contributed by atoms with Crippen LogP contribution in [0.2, 0.25) is 0 Å². The van der Waals surface area contributed by atoms with E-state index in [9.17, 15) is 27.7 Å². The third kappa shape index (κ3) is 6.75. The first-order valence-electron chi connectivity index (χ1n) is 13.2. The van der Waals surface area contributed by atoms with Crippen molar-refractivity contribution >= 4 is 32.9 Å². The molecule has 0 atom stereocenters. The summed E-state index contributed by atoms with van der Waals surface area (Å²) in [5.41, 5.74) is -0.408. The van der Waals surface area contributed by atoms with Gasteiger partial charge in [-0.3, -0.25) is 14.1 Å². The van der Waals surface area contributed by atoms with Gasteiger partial charge < -0.3 is 14.7 Å². The summed E-state index contributed by atoms with van der Waals surface area (Å²) in [6, 6.07) is 8.35. The maximum absolute atomic E-state index is 14.8. The summed E-state index contributed by atoms with van der Waals surface area (Å²) in [5, 5.41) is 19.1. The van der Waals surface area contributed by atoms with Crippen LogP contribution in [0.4, 0.5) is 14.9 Å². The number of halogens is 1. The second-order valence-corrected chi connectivity index (χ2v) is 11.6. The maximum atomic E-state index is 14.8. The number of hydrogen-bond donors (Lipinski definition) is 2. The number of ether oxygens (including phenoxy) is 1. The summed E-state index contributed by atoms with van der Waals surface area (Å²) < 4.78 is 50.2. The van der Waals surface area contributed by atoms with Crippen LogP contribution in [0.15, 0.2) is 41.5 Å². The minimum atomic E-state index is -3.98. The molecule has 1 aromatic heterocycles. The Morgan fingerprint density at radius 3 is 2.68 bits per heavy atom. The number of benzene rings is 2. The summed E-state index contributed by atoms with van der Waals surface area (Å²) in [6.07, 6.45) is 3.71. The molecule has 41 heavy (non-hydrogen) atoms. The Morgan fingerprint density at radius 2 is 2.02 bits per heavy atom. The number of likely N-dealkylation sites (tertiary alicyclic amines) is 1. The summed E-state index contributed by atoms with van der Waals surface area (Å²) in [6.45, 7) is 3.27. The fourth-order valence-corrected chi connectivity index (χ4v) is 5.63. The number of anilines is 1. The Labute approximate surface area is 236 Å². The molecule has 1 aliphatic heterocycles. The Morgan fingerprint density at radius 1 is 1.29 bits per heavy atom. The molecule has 1 saturated heterocycles. The Kier molecular flexibility index (Phi) is 9.09. The van der Waals surface area contributed by atoms with Crippen molar-refractivity contribution in [2.45, 2.75) is 39.2 Å². The van der Waals surface area contributed by atoms with Gasteiger partial charge in [0.2, 0.25) is 0 Å². The maximum Gasteiger partial charge on any atom is 0.407 e. The summed E-state index contributed by atoms with van der Waals surface area (Å²) in [5.74, 6) is -0.905. The number of fused-ring (bicyclic) bond motifs is 1. The topological polar surface area (TPSA) is 158 Å². The van der Waals surface area contributed by atoms with Crippen LogP contribution in [0, 0.1) is 23.1 Å². The van der Waals surface area contributed by atoms with Crippen LogP contribution >= 0.6 is 0 Å². The van der Waals surface area contributed by atoms with E-state index >= 15 is 0 Å². The van der Waals surface area contributed by atoms with E-state index in [2.05, 4.69) is 9.71 Å². The fourth-order valence-electron chi connectivity index (χ4n) is 4.68. The van der Waals surface area contributed by atoms with E-state index in [-0.39, 0.29) is 34.5 Å². The number of nitrogens with zero attached hydrogens (tertiary/aromatic N) is 5. The molecule has 1 aliphatic rings. The number of rotatable bonds is 10. The van der Waals surface area contributed by atoms with Crippen LogP contribution < -0.4 is 15.0 Å². The van der Waals surface area contributed by atoms with Crippen LogP contribution in [-0.4, -0.2) is 65.1 Å². The number of nitriles is 1. The quantitative estimate of drug-likeness (QED) is 0.361. The van der Waals surface area contributed by atoms with E-state index < -0.39 is 27.9 Å².